The maximum atomic E-state index is 11.4. The van der Waals surface area contributed by atoms with Crippen LogP contribution in [0.15, 0.2) is 30.5 Å². The van der Waals surface area contributed by atoms with Crippen molar-refractivity contribution in [2.24, 2.45) is 5.92 Å². The first-order valence-electron chi connectivity index (χ1n) is 7.70. The molecule has 6 heteroatoms. The molecule has 2 atom stereocenters. The number of likely N-dealkylation sites (tertiary alicyclic amines) is 1. The first kappa shape index (κ1) is 16.4. The van der Waals surface area contributed by atoms with E-state index in [1.807, 2.05) is 31.2 Å². The van der Waals surface area contributed by atoms with Crippen LogP contribution in [0.25, 0.3) is 0 Å². The van der Waals surface area contributed by atoms with Gasteiger partial charge in [0.1, 0.15) is 0 Å². The van der Waals surface area contributed by atoms with Gasteiger partial charge in [0.25, 0.3) is 0 Å². The lowest BCUT2D eigenvalue weighted by molar-refractivity contribution is -0.143. The molecule has 0 aromatic carbocycles. The van der Waals surface area contributed by atoms with Crippen LogP contribution in [0.3, 0.4) is 0 Å². The lowest BCUT2D eigenvalue weighted by atomic mass is 9.94. The molecule has 2 aromatic rings. The minimum absolute atomic E-state index is 0.0316. The lowest BCUT2D eigenvalue weighted by Crippen LogP contribution is -2.41. The summed E-state index contributed by atoms with van der Waals surface area (Å²) in [5.74, 6) is -1.03. The predicted octanol–water partition coefficient (Wildman–Crippen LogP) is 3.99. The van der Waals surface area contributed by atoms with Gasteiger partial charge >= 0.3 is 5.97 Å². The van der Waals surface area contributed by atoms with Gasteiger partial charge in [0.15, 0.2) is 0 Å². The topological polar surface area (TPSA) is 53.4 Å². The monoisotopic (exact) mass is 350 g/mol. The number of halogens is 1. The zero-order valence-corrected chi connectivity index (χ0v) is 14.5. The molecule has 1 aliphatic rings. The van der Waals surface area contributed by atoms with Gasteiger partial charge in [-0.25, -0.2) is 0 Å². The summed E-state index contributed by atoms with van der Waals surface area (Å²) < 4.78 is 0.741. The van der Waals surface area contributed by atoms with Gasteiger partial charge in [-0.15, -0.1) is 11.3 Å². The van der Waals surface area contributed by atoms with Gasteiger partial charge in [0.05, 0.1) is 22.0 Å². The number of rotatable bonds is 4. The zero-order chi connectivity index (χ0) is 16.4. The molecule has 0 bridgehead atoms. The molecule has 0 aliphatic carbocycles. The minimum atomic E-state index is -0.713. The van der Waals surface area contributed by atoms with Crippen molar-refractivity contribution in [3.63, 3.8) is 0 Å². The molecule has 0 saturated carbocycles. The standard InChI is InChI=1S/C17H19ClN2O2S/c1-11-4-2-8-19-15(11)16(13-6-7-14(18)23-13)20-9-3-5-12(10-20)17(21)22/h2,4,6-8,12,16H,3,5,9-10H2,1H3,(H,21,22). The van der Waals surface area contributed by atoms with Crippen LogP contribution in [0.1, 0.15) is 35.0 Å². The Morgan fingerprint density at radius 1 is 1.48 bits per heavy atom. The Balaban J connectivity index is 1.98. The van der Waals surface area contributed by atoms with Crippen LogP contribution in [-0.4, -0.2) is 34.0 Å². The van der Waals surface area contributed by atoms with Gasteiger partial charge in [-0.05, 0) is 50.1 Å². The van der Waals surface area contributed by atoms with E-state index in [4.69, 9.17) is 11.6 Å². The van der Waals surface area contributed by atoms with Gasteiger partial charge in [0.2, 0.25) is 0 Å². The summed E-state index contributed by atoms with van der Waals surface area (Å²) in [6.45, 7) is 3.47. The fourth-order valence-electron chi connectivity index (χ4n) is 3.19. The summed E-state index contributed by atoms with van der Waals surface area (Å²) in [6, 6.07) is 7.86. The molecule has 1 N–H and O–H groups in total. The molecule has 0 amide bonds. The summed E-state index contributed by atoms with van der Waals surface area (Å²) in [5, 5.41) is 9.38. The van der Waals surface area contributed by atoms with Gasteiger partial charge in [-0.2, -0.15) is 0 Å². The summed E-state index contributed by atoms with van der Waals surface area (Å²) in [7, 11) is 0. The molecule has 23 heavy (non-hydrogen) atoms. The van der Waals surface area contributed by atoms with E-state index in [-0.39, 0.29) is 12.0 Å². The molecule has 1 fully saturated rings. The number of aliphatic carboxylic acids is 1. The molecular formula is C17H19ClN2O2S. The Hall–Kier alpha value is -1.43. The van der Waals surface area contributed by atoms with Crippen molar-refractivity contribution >= 4 is 28.9 Å². The second kappa shape index (κ2) is 6.99. The maximum Gasteiger partial charge on any atom is 0.307 e. The third-order valence-electron chi connectivity index (χ3n) is 4.34. The van der Waals surface area contributed by atoms with Crippen molar-refractivity contribution in [3.05, 3.63) is 50.9 Å². The Morgan fingerprint density at radius 2 is 2.30 bits per heavy atom. The molecule has 1 aliphatic heterocycles. The highest BCUT2D eigenvalue weighted by Gasteiger charge is 2.33. The smallest absolute Gasteiger partial charge is 0.307 e. The molecule has 2 aromatic heterocycles. The van der Waals surface area contributed by atoms with E-state index < -0.39 is 5.97 Å². The highest BCUT2D eigenvalue weighted by Crippen LogP contribution is 2.37. The summed E-state index contributed by atoms with van der Waals surface area (Å²) in [6.07, 6.45) is 3.42. The largest absolute Gasteiger partial charge is 0.481 e. The quantitative estimate of drug-likeness (QED) is 0.905. The van der Waals surface area contributed by atoms with E-state index in [1.54, 1.807) is 6.20 Å². The highest BCUT2D eigenvalue weighted by atomic mass is 35.5. The van der Waals surface area contributed by atoms with Gasteiger partial charge in [-0.3, -0.25) is 14.7 Å². The first-order valence-corrected chi connectivity index (χ1v) is 8.89. The third-order valence-corrected chi connectivity index (χ3v) is 5.62. The van der Waals surface area contributed by atoms with Crippen LogP contribution in [0.2, 0.25) is 4.34 Å². The average molecular weight is 351 g/mol. The van der Waals surface area contributed by atoms with Gasteiger partial charge < -0.3 is 5.11 Å². The van der Waals surface area contributed by atoms with Gasteiger partial charge in [0, 0.05) is 17.6 Å². The lowest BCUT2D eigenvalue weighted by Gasteiger charge is -2.36. The number of pyridine rings is 1. The van der Waals surface area contributed by atoms with Crippen LogP contribution < -0.4 is 0 Å². The van der Waals surface area contributed by atoms with Gasteiger partial charge in [-0.1, -0.05) is 17.7 Å². The van der Waals surface area contributed by atoms with Crippen LogP contribution >= 0.6 is 22.9 Å². The second-order valence-electron chi connectivity index (χ2n) is 5.92. The number of piperidine rings is 1. The fraction of sp³-hybridized carbons (Fsp3) is 0.412. The number of aromatic nitrogens is 1. The number of hydrogen-bond acceptors (Lipinski definition) is 4. The van der Waals surface area contributed by atoms with Crippen LogP contribution in [-0.2, 0) is 4.79 Å². The van der Waals surface area contributed by atoms with Crippen LogP contribution in [0.5, 0.6) is 0 Å². The number of nitrogens with zero attached hydrogens (tertiary/aromatic N) is 2. The number of aryl methyl sites for hydroxylation is 1. The van der Waals surface area contributed by atoms with E-state index in [0.29, 0.717) is 6.54 Å². The Labute approximate surface area is 144 Å². The minimum Gasteiger partial charge on any atom is -0.481 e. The van der Waals surface area contributed by atoms with E-state index in [0.717, 1.165) is 39.9 Å². The Bertz CT molecular complexity index is 703. The van der Waals surface area contributed by atoms with E-state index in [2.05, 4.69) is 9.88 Å². The van der Waals surface area contributed by atoms with Crippen LogP contribution in [0.4, 0.5) is 0 Å². The molecule has 3 heterocycles. The van der Waals surface area contributed by atoms with E-state index >= 15 is 0 Å². The number of thiophene rings is 1. The molecule has 2 unspecified atom stereocenters. The molecule has 0 spiro atoms. The number of carboxylic acids is 1. The Morgan fingerprint density at radius 3 is 2.96 bits per heavy atom. The highest BCUT2D eigenvalue weighted by molar-refractivity contribution is 7.16. The number of carbonyl (C=O) groups is 1. The predicted molar refractivity (Wildman–Crippen MR) is 92.1 cm³/mol. The SMILES string of the molecule is Cc1cccnc1C(c1ccc(Cl)s1)N1CCCC(C(=O)O)C1. The second-order valence-corrected chi connectivity index (χ2v) is 7.67. The van der Waals surface area contributed by atoms with Crippen molar-refractivity contribution in [2.45, 2.75) is 25.8 Å². The first-order chi connectivity index (χ1) is 11.1. The van der Waals surface area contributed by atoms with Crippen LogP contribution in [0, 0.1) is 12.8 Å². The summed E-state index contributed by atoms with van der Waals surface area (Å²) in [4.78, 5) is 19.3. The van der Waals surface area contributed by atoms with Crippen molar-refractivity contribution in [1.29, 1.82) is 0 Å². The van der Waals surface area contributed by atoms with Crippen molar-refractivity contribution in [3.8, 4) is 0 Å². The maximum absolute atomic E-state index is 11.4. The molecule has 4 nitrogen and oxygen atoms in total. The average Bonchev–Trinajstić information content (AvgIpc) is 2.96. The van der Waals surface area contributed by atoms with Crippen molar-refractivity contribution < 1.29 is 9.90 Å². The normalized spacial score (nSPS) is 20.3. The van der Waals surface area contributed by atoms with E-state index in [1.165, 1.54) is 11.3 Å². The summed E-state index contributed by atoms with van der Waals surface area (Å²) >= 11 is 7.67. The van der Waals surface area contributed by atoms with Crippen molar-refractivity contribution in [2.75, 3.05) is 13.1 Å². The molecular weight excluding hydrogens is 332 g/mol. The molecule has 1 saturated heterocycles. The zero-order valence-electron chi connectivity index (χ0n) is 12.9. The number of carboxylic acid groups (broad SMARTS) is 1. The van der Waals surface area contributed by atoms with Crippen molar-refractivity contribution in [1.82, 2.24) is 9.88 Å². The molecule has 0 radical (unpaired) electrons. The Kier molecular flexibility index (Phi) is 4.99. The number of hydrogen-bond donors (Lipinski definition) is 1. The van der Waals surface area contributed by atoms with E-state index in [9.17, 15) is 9.90 Å². The summed E-state index contributed by atoms with van der Waals surface area (Å²) in [5.41, 5.74) is 2.09. The molecule has 122 valence electrons. The third kappa shape index (κ3) is 3.57. The molecule has 3 rings (SSSR count). The fourth-order valence-corrected chi connectivity index (χ4v) is 4.39.